The minimum absolute atomic E-state index is 0.341. The van der Waals surface area contributed by atoms with Gasteiger partial charge in [0, 0.05) is 13.8 Å². The maximum absolute atomic E-state index is 10.6. The zero-order valence-corrected chi connectivity index (χ0v) is 10.5. The first-order valence-electron chi connectivity index (χ1n) is 5.25. The molecule has 0 aromatic rings. The molecule has 0 fully saturated rings. The molecule has 2 unspecified atom stereocenters. The van der Waals surface area contributed by atoms with Crippen LogP contribution in [0.4, 0.5) is 0 Å². The van der Waals surface area contributed by atoms with E-state index >= 15 is 0 Å². The Morgan fingerprint density at radius 1 is 0.882 bits per heavy atom. The summed E-state index contributed by atoms with van der Waals surface area (Å²) in [4.78, 5) is 21.2. The Bertz CT molecular complexity index is 276. The molecule has 0 rings (SSSR count). The molecule has 0 aliphatic heterocycles. The molecule has 17 heavy (non-hydrogen) atoms. The average Bonchev–Trinajstić information content (AvgIpc) is 2.14. The molecule has 5 heteroatoms. The highest BCUT2D eigenvalue weighted by Gasteiger charge is 2.00. The van der Waals surface area contributed by atoms with Crippen molar-refractivity contribution in [3.05, 3.63) is 24.7 Å². The van der Waals surface area contributed by atoms with E-state index in [1.54, 1.807) is 26.0 Å². The fourth-order valence-corrected chi connectivity index (χ4v) is 0.960. The maximum atomic E-state index is 10.6. The average molecular weight is 242 g/mol. The Morgan fingerprint density at radius 3 is 1.53 bits per heavy atom. The molecule has 0 spiro atoms. The molecule has 0 radical (unpaired) electrons. The smallest absolute Gasteiger partial charge is 0.303 e. The van der Waals surface area contributed by atoms with Gasteiger partial charge in [-0.2, -0.15) is 0 Å². The molecule has 0 aromatic carbocycles. The van der Waals surface area contributed by atoms with E-state index in [9.17, 15) is 9.59 Å². The second-order valence-corrected chi connectivity index (χ2v) is 3.42. The van der Waals surface area contributed by atoms with Crippen molar-refractivity contribution in [1.82, 2.24) is 0 Å². The summed E-state index contributed by atoms with van der Waals surface area (Å²) in [5.41, 5.74) is 0. The molecular weight excluding hydrogens is 224 g/mol. The van der Waals surface area contributed by atoms with Crippen molar-refractivity contribution >= 4 is 11.9 Å². The fourth-order valence-electron chi connectivity index (χ4n) is 0.960. The van der Waals surface area contributed by atoms with E-state index in [0.29, 0.717) is 0 Å². The van der Waals surface area contributed by atoms with Crippen molar-refractivity contribution in [3.8, 4) is 0 Å². The van der Waals surface area contributed by atoms with Gasteiger partial charge in [-0.1, -0.05) is 0 Å². The van der Waals surface area contributed by atoms with Gasteiger partial charge in [-0.25, -0.2) is 0 Å². The first-order valence-corrected chi connectivity index (χ1v) is 5.25. The number of hydrogen-bond donors (Lipinski definition) is 0. The molecule has 0 saturated heterocycles. The summed E-state index contributed by atoms with van der Waals surface area (Å²) in [5.74, 6) is -0.692. The summed E-state index contributed by atoms with van der Waals surface area (Å²) in [5, 5.41) is 0. The lowest BCUT2D eigenvalue weighted by Gasteiger charge is -2.06. The zero-order valence-electron chi connectivity index (χ0n) is 10.5. The number of carbonyl (C=O) groups is 2. The van der Waals surface area contributed by atoms with Crippen LogP contribution in [0.25, 0.3) is 0 Å². The Hall–Kier alpha value is -1.78. The Labute approximate surface area is 101 Å². The summed E-state index contributed by atoms with van der Waals surface area (Å²) in [6.07, 6.45) is 5.28. The topological polar surface area (TPSA) is 61.8 Å². The third-order valence-corrected chi connectivity index (χ3v) is 1.56. The molecule has 0 aromatic heterocycles. The fraction of sp³-hybridized carbons (Fsp3) is 0.500. The van der Waals surface area contributed by atoms with E-state index in [-0.39, 0.29) is 24.1 Å². The first-order chi connectivity index (χ1) is 7.91. The Kier molecular flexibility index (Phi) is 7.50. The van der Waals surface area contributed by atoms with Crippen molar-refractivity contribution in [2.24, 2.45) is 0 Å². The van der Waals surface area contributed by atoms with Crippen LogP contribution >= 0.6 is 0 Å². The maximum Gasteiger partial charge on any atom is 0.303 e. The van der Waals surface area contributed by atoms with Crippen LogP contribution in [-0.4, -0.2) is 24.1 Å². The summed E-state index contributed by atoms with van der Waals surface area (Å²) in [6.45, 7) is 6.11. The second kappa shape index (κ2) is 8.38. The number of carbonyl (C=O) groups excluding carboxylic acids is 2. The van der Waals surface area contributed by atoms with Gasteiger partial charge in [0.25, 0.3) is 0 Å². The van der Waals surface area contributed by atoms with E-state index in [1.165, 1.54) is 26.4 Å². The molecule has 0 amide bonds. The van der Waals surface area contributed by atoms with Gasteiger partial charge < -0.3 is 14.2 Å². The van der Waals surface area contributed by atoms with E-state index in [1.807, 2.05) is 0 Å². The van der Waals surface area contributed by atoms with E-state index < -0.39 is 0 Å². The highest BCUT2D eigenvalue weighted by atomic mass is 16.5. The minimum Gasteiger partial charge on any atom is -0.473 e. The summed E-state index contributed by atoms with van der Waals surface area (Å²) in [6, 6.07) is 0. The quantitative estimate of drug-likeness (QED) is 0.526. The van der Waals surface area contributed by atoms with Crippen molar-refractivity contribution in [3.63, 3.8) is 0 Å². The standard InChI is InChI=1S/C12H18O5/c1-9(16-11(3)13)5-7-15-8-6-10(2)17-12(4)14/h5-10H,1-4H3/b7-5+,8-6+. The van der Waals surface area contributed by atoms with Crippen molar-refractivity contribution in [2.45, 2.75) is 39.9 Å². The normalized spacial score (nSPS) is 14.6. The molecule has 96 valence electrons. The molecule has 2 atom stereocenters. The van der Waals surface area contributed by atoms with Gasteiger partial charge in [0.2, 0.25) is 0 Å². The molecule has 0 aliphatic carbocycles. The predicted octanol–water partition coefficient (Wildman–Crippen LogP) is 1.93. The molecule has 0 N–H and O–H groups in total. The van der Waals surface area contributed by atoms with Crippen molar-refractivity contribution in [2.75, 3.05) is 0 Å². The highest BCUT2D eigenvalue weighted by molar-refractivity contribution is 5.66. The van der Waals surface area contributed by atoms with Gasteiger partial charge in [0.05, 0.1) is 12.5 Å². The highest BCUT2D eigenvalue weighted by Crippen LogP contribution is 1.96. The largest absolute Gasteiger partial charge is 0.473 e. The van der Waals surface area contributed by atoms with E-state index in [4.69, 9.17) is 14.2 Å². The summed E-state index contributed by atoms with van der Waals surface area (Å²) < 4.78 is 14.7. The van der Waals surface area contributed by atoms with Gasteiger partial charge in [0.1, 0.15) is 12.2 Å². The van der Waals surface area contributed by atoms with Gasteiger partial charge >= 0.3 is 11.9 Å². The SMILES string of the molecule is CC(=O)OC(C)/C=C/O/C=C/C(C)OC(C)=O. The molecular formula is C12H18O5. The van der Waals surface area contributed by atoms with Crippen LogP contribution in [0, 0.1) is 0 Å². The third-order valence-electron chi connectivity index (χ3n) is 1.56. The number of hydrogen-bond acceptors (Lipinski definition) is 5. The van der Waals surface area contributed by atoms with E-state index in [2.05, 4.69) is 0 Å². The Morgan fingerprint density at radius 2 is 1.24 bits per heavy atom. The summed E-state index contributed by atoms with van der Waals surface area (Å²) in [7, 11) is 0. The van der Waals surface area contributed by atoms with Crippen molar-refractivity contribution in [1.29, 1.82) is 0 Å². The van der Waals surface area contributed by atoms with Crippen LogP contribution in [0.3, 0.4) is 0 Å². The van der Waals surface area contributed by atoms with Crippen LogP contribution in [0.5, 0.6) is 0 Å². The minimum atomic E-state index is -0.346. The Balaban J connectivity index is 3.82. The predicted molar refractivity (Wildman–Crippen MR) is 61.8 cm³/mol. The van der Waals surface area contributed by atoms with Crippen LogP contribution in [0.1, 0.15) is 27.7 Å². The third kappa shape index (κ3) is 10.5. The molecule has 0 bridgehead atoms. The molecule has 0 aliphatic rings. The molecule has 0 heterocycles. The number of rotatable bonds is 6. The molecule has 0 saturated carbocycles. The summed E-state index contributed by atoms with van der Waals surface area (Å²) >= 11 is 0. The first kappa shape index (κ1) is 15.2. The monoisotopic (exact) mass is 242 g/mol. The lowest BCUT2D eigenvalue weighted by Crippen LogP contribution is -2.09. The number of esters is 2. The van der Waals surface area contributed by atoms with Crippen LogP contribution in [0.15, 0.2) is 24.7 Å². The zero-order chi connectivity index (χ0) is 13.3. The molecule has 5 nitrogen and oxygen atoms in total. The van der Waals surface area contributed by atoms with Gasteiger partial charge in [-0.15, -0.1) is 0 Å². The van der Waals surface area contributed by atoms with E-state index in [0.717, 1.165) is 0 Å². The van der Waals surface area contributed by atoms with Crippen LogP contribution in [-0.2, 0) is 23.8 Å². The van der Waals surface area contributed by atoms with Gasteiger partial charge in [0.15, 0.2) is 0 Å². The van der Waals surface area contributed by atoms with Crippen LogP contribution in [0.2, 0.25) is 0 Å². The lowest BCUT2D eigenvalue weighted by atomic mass is 10.4. The second-order valence-electron chi connectivity index (χ2n) is 3.42. The van der Waals surface area contributed by atoms with Crippen molar-refractivity contribution < 1.29 is 23.8 Å². The van der Waals surface area contributed by atoms with Crippen LogP contribution < -0.4 is 0 Å². The number of ether oxygens (including phenoxy) is 3. The van der Waals surface area contributed by atoms with Gasteiger partial charge in [-0.05, 0) is 26.0 Å². The van der Waals surface area contributed by atoms with Gasteiger partial charge in [-0.3, -0.25) is 9.59 Å². The lowest BCUT2D eigenvalue weighted by molar-refractivity contribution is -0.144.